The highest BCUT2D eigenvalue weighted by Gasteiger charge is 2.25. The summed E-state index contributed by atoms with van der Waals surface area (Å²) in [6.07, 6.45) is 2.76. The lowest BCUT2D eigenvalue weighted by Gasteiger charge is -2.21. The van der Waals surface area contributed by atoms with Gasteiger partial charge in [-0.3, -0.25) is 4.79 Å². The first-order valence-corrected chi connectivity index (χ1v) is 8.48. The van der Waals surface area contributed by atoms with Crippen LogP contribution in [0.15, 0.2) is 30.4 Å². The molecule has 1 heterocycles. The lowest BCUT2D eigenvalue weighted by molar-refractivity contribution is -0.127. The van der Waals surface area contributed by atoms with Crippen LogP contribution in [0.5, 0.6) is 11.5 Å². The molecule has 2 rings (SSSR count). The summed E-state index contributed by atoms with van der Waals surface area (Å²) in [7, 11) is 1.42. The molecule has 7 heteroatoms. The number of methoxy groups -OCH3 is 1. The zero-order valence-corrected chi connectivity index (χ0v) is 15.5. The van der Waals surface area contributed by atoms with Crippen LogP contribution in [-0.2, 0) is 9.53 Å². The number of ether oxygens (including phenoxy) is 2. The molecule has 0 radical (unpaired) electrons. The van der Waals surface area contributed by atoms with Crippen LogP contribution in [0, 0.1) is 5.41 Å². The largest absolute Gasteiger partial charge is 0.507 e. The topological polar surface area (TPSA) is 113 Å². The first-order valence-electron chi connectivity index (χ1n) is 8.48. The lowest BCUT2D eigenvalue weighted by atomic mass is 9.92. The van der Waals surface area contributed by atoms with Gasteiger partial charge in [0.05, 0.1) is 13.2 Å². The van der Waals surface area contributed by atoms with Gasteiger partial charge in [0.1, 0.15) is 29.8 Å². The third-order valence-corrected chi connectivity index (χ3v) is 4.17. The van der Waals surface area contributed by atoms with Gasteiger partial charge in [0, 0.05) is 11.5 Å². The molecule has 7 nitrogen and oxygen atoms in total. The van der Waals surface area contributed by atoms with E-state index in [0.717, 1.165) is 0 Å². The minimum absolute atomic E-state index is 0.0312. The van der Waals surface area contributed by atoms with Gasteiger partial charge in [-0.05, 0) is 24.1 Å². The van der Waals surface area contributed by atoms with Crippen molar-refractivity contribution in [2.45, 2.75) is 32.5 Å². The molecule has 2 atom stereocenters. The summed E-state index contributed by atoms with van der Waals surface area (Å²) < 4.78 is 10.4. The van der Waals surface area contributed by atoms with Gasteiger partial charge in [-0.2, -0.15) is 0 Å². The van der Waals surface area contributed by atoms with Crippen molar-refractivity contribution in [1.82, 2.24) is 0 Å². The average molecular weight is 376 g/mol. The number of phenols is 1. The molecule has 1 aliphatic rings. The first-order chi connectivity index (χ1) is 12.6. The number of benzene rings is 1. The summed E-state index contributed by atoms with van der Waals surface area (Å²) in [4.78, 5) is 24.5. The van der Waals surface area contributed by atoms with Gasteiger partial charge in [-0.1, -0.05) is 32.1 Å². The zero-order chi connectivity index (χ0) is 20.2. The summed E-state index contributed by atoms with van der Waals surface area (Å²) in [5, 5.41) is 30.2. The molecule has 146 valence electrons. The number of fused-ring (bicyclic) bond motifs is 1. The van der Waals surface area contributed by atoms with Gasteiger partial charge < -0.3 is 24.8 Å². The Kier molecular flexibility index (Phi) is 6.41. The Morgan fingerprint density at radius 2 is 1.89 bits per heavy atom. The minimum atomic E-state index is -1.56. The Balaban J connectivity index is 2.49. The predicted octanol–water partition coefficient (Wildman–Crippen LogP) is 1.85. The van der Waals surface area contributed by atoms with E-state index in [4.69, 9.17) is 9.47 Å². The molecule has 0 saturated carbocycles. The second-order valence-electron chi connectivity index (χ2n) is 7.06. The molecule has 0 fully saturated rings. The molecule has 3 N–H and O–H groups in total. The number of aliphatic hydroxyl groups is 2. The number of cyclic esters (lactones) is 1. The van der Waals surface area contributed by atoms with Gasteiger partial charge in [0.15, 0.2) is 5.78 Å². The molecule has 0 unspecified atom stereocenters. The van der Waals surface area contributed by atoms with Gasteiger partial charge >= 0.3 is 5.97 Å². The number of aliphatic hydroxyl groups excluding tert-OH is 2. The quantitative estimate of drug-likeness (QED) is 0.641. The van der Waals surface area contributed by atoms with E-state index in [1.807, 2.05) is 0 Å². The van der Waals surface area contributed by atoms with E-state index < -0.39 is 29.4 Å². The predicted molar refractivity (Wildman–Crippen MR) is 98.5 cm³/mol. The average Bonchev–Trinajstić information content (AvgIpc) is 2.62. The van der Waals surface area contributed by atoms with Gasteiger partial charge in [0.25, 0.3) is 0 Å². The lowest BCUT2D eigenvalue weighted by Crippen LogP contribution is -2.33. The highest BCUT2D eigenvalue weighted by Crippen LogP contribution is 2.30. The fourth-order valence-corrected chi connectivity index (χ4v) is 2.52. The van der Waals surface area contributed by atoms with Crippen molar-refractivity contribution in [3.05, 3.63) is 41.5 Å². The summed E-state index contributed by atoms with van der Waals surface area (Å²) in [6, 6.07) is 2.84. The number of hydrogen-bond acceptors (Lipinski definition) is 7. The Morgan fingerprint density at radius 3 is 2.56 bits per heavy atom. The van der Waals surface area contributed by atoms with Crippen molar-refractivity contribution in [3.63, 3.8) is 0 Å². The molecule has 0 spiro atoms. The molecule has 0 aliphatic carbocycles. The number of aromatic hydroxyl groups is 1. The first kappa shape index (κ1) is 20.7. The monoisotopic (exact) mass is 376 g/mol. The number of ketones is 1. The maximum absolute atomic E-state index is 12.5. The van der Waals surface area contributed by atoms with Crippen molar-refractivity contribution in [3.8, 4) is 11.5 Å². The molecule has 27 heavy (non-hydrogen) atoms. The van der Waals surface area contributed by atoms with Crippen LogP contribution in [0.2, 0.25) is 0 Å². The van der Waals surface area contributed by atoms with E-state index in [1.54, 1.807) is 13.8 Å². The fourth-order valence-electron chi connectivity index (χ4n) is 2.52. The molecule has 0 bridgehead atoms. The molecular weight excluding hydrogens is 352 g/mol. The highest BCUT2D eigenvalue weighted by atomic mass is 16.5. The third-order valence-electron chi connectivity index (χ3n) is 4.17. The van der Waals surface area contributed by atoms with E-state index >= 15 is 0 Å². The molecule has 0 amide bonds. The Hall–Kier alpha value is -2.64. The smallest absolute Gasteiger partial charge is 0.342 e. The van der Waals surface area contributed by atoms with Gasteiger partial charge in [0.2, 0.25) is 0 Å². The van der Waals surface area contributed by atoms with Gasteiger partial charge in [-0.15, -0.1) is 0 Å². The van der Waals surface area contributed by atoms with E-state index in [2.05, 4.69) is 0 Å². The Bertz CT molecular complexity index is 777. The van der Waals surface area contributed by atoms with Gasteiger partial charge in [-0.25, -0.2) is 4.79 Å². The molecular formula is C20H24O7. The van der Waals surface area contributed by atoms with E-state index in [0.29, 0.717) is 11.3 Å². The number of phenolic OH excluding ortho intramolecular Hbond substituents is 1. The molecule has 0 saturated heterocycles. The molecule has 1 aliphatic heterocycles. The molecule has 0 aromatic heterocycles. The fraction of sp³-hybridized carbons (Fsp3) is 0.400. The number of carbonyl (C=O) groups excluding carboxylic acids is 2. The van der Waals surface area contributed by atoms with Crippen LogP contribution in [0.3, 0.4) is 0 Å². The van der Waals surface area contributed by atoms with Crippen molar-refractivity contribution in [1.29, 1.82) is 0 Å². The minimum Gasteiger partial charge on any atom is -0.507 e. The number of rotatable bonds is 1. The van der Waals surface area contributed by atoms with Crippen LogP contribution in [0.1, 0.15) is 36.2 Å². The summed E-state index contributed by atoms with van der Waals surface area (Å²) >= 11 is 0. The van der Waals surface area contributed by atoms with Crippen molar-refractivity contribution in [2.75, 3.05) is 13.7 Å². The second-order valence-corrected chi connectivity index (χ2v) is 7.06. The van der Waals surface area contributed by atoms with Crippen molar-refractivity contribution < 1.29 is 34.4 Å². The number of hydrogen-bond donors (Lipinski definition) is 3. The summed E-state index contributed by atoms with van der Waals surface area (Å²) in [5.41, 5.74) is -0.400. The summed E-state index contributed by atoms with van der Waals surface area (Å²) in [6.45, 7) is 3.43. The van der Waals surface area contributed by atoms with E-state index in [9.17, 15) is 24.9 Å². The third kappa shape index (κ3) is 5.18. The normalized spacial score (nSPS) is 25.7. The Morgan fingerprint density at radius 1 is 1.19 bits per heavy atom. The second kappa shape index (κ2) is 8.37. The molecule has 1 aromatic carbocycles. The highest BCUT2D eigenvalue weighted by molar-refractivity contribution is 5.97. The zero-order valence-electron chi connectivity index (χ0n) is 15.5. The summed E-state index contributed by atoms with van der Waals surface area (Å²) in [5.74, 6) is -1.31. The number of esters is 1. The standard InChI is InChI=1S/C20H24O7/c1-20(2)8-7-15(22)18(24)14(21)6-4-5-12-9-13(26-3)10-16(23)17(12)19(25)27-11-20/h4-5,7-10,14,18,21,23-24H,6,11H2,1-3H3/b5-4+,8-7-/t14-,18-/m0/s1. The van der Waals surface area contributed by atoms with Crippen molar-refractivity contribution in [2.24, 2.45) is 5.41 Å². The SMILES string of the molecule is COc1cc(O)c2c(c1)/C=C/C[C@H](O)[C@H](O)C(=O)/C=C\C(C)(C)COC2=O. The van der Waals surface area contributed by atoms with Crippen LogP contribution in [-0.4, -0.2) is 53.0 Å². The number of carbonyl (C=O) groups is 2. The van der Waals surface area contributed by atoms with Crippen molar-refractivity contribution >= 4 is 17.8 Å². The van der Waals surface area contributed by atoms with Crippen LogP contribution in [0.4, 0.5) is 0 Å². The Labute approximate surface area is 157 Å². The van der Waals surface area contributed by atoms with Crippen LogP contribution >= 0.6 is 0 Å². The van der Waals surface area contributed by atoms with E-state index in [-0.39, 0.29) is 24.3 Å². The molecule has 1 aromatic rings. The van der Waals surface area contributed by atoms with E-state index in [1.165, 1.54) is 43.5 Å². The van der Waals surface area contributed by atoms with Crippen LogP contribution < -0.4 is 4.74 Å². The van der Waals surface area contributed by atoms with Crippen LogP contribution in [0.25, 0.3) is 6.08 Å². The maximum Gasteiger partial charge on any atom is 0.342 e. The maximum atomic E-state index is 12.5.